The molecule has 0 saturated heterocycles. The minimum absolute atomic E-state index is 0.688. The van der Waals surface area contributed by atoms with Gasteiger partial charge in [0.2, 0.25) is 5.95 Å². The van der Waals surface area contributed by atoms with Gasteiger partial charge < -0.3 is 0 Å². The molecule has 0 bridgehead atoms. The number of benzene rings is 8. The molecule has 5 aromatic heterocycles. The number of hydrogen-bond acceptors (Lipinski definition) is 5. The maximum atomic E-state index is 5.59. The Bertz CT molecular complexity index is 3750. The average Bonchev–Trinajstić information content (AvgIpc) is 3.98. The molecule has 8 aromatic carbocycles. The third kappa shape index (κ3) is 3.94. The van der Waals surface area contributed by atoms with E-state index in [2.05, 4.69) is 156 Å². The molecule has 54 heavy (non-hydrogen) atoms. The van der Waals surface area contributed by atoms with Crippen LogP contribution < -0.4 is 0 Å². The van der Waals surface area contributed by atoms with Gasteiger partial charge in [0.25, 0.3) is 0 Å². The van der Waals surface area contributed by atoms with E-state index in [1.165, 1.54) is 82.7 Å². The fourth-order valence-electron chi connectivity index (χ4n) is 8.79. The van der Waals surface area contributed by atoms with Crippen molar-refractivity contribution in [2.45, 2.75) is 0 Å². The Balaban J connectivity index is 1.17. The van der Waals surface area contributed by atoms with Crippen LogP contribution in [0.5, 0.6) is 0 Å². The van der Waals surface area contributed by atoms with E-state index in [0.29, 0.717) is 5.95 Å². The minimum atomic E-state index is 0.688. The van der Waals surface area contributed by atoms with Crippen LogP contribution in [0.4, 0.5) is 0 Å². The summed E-state index contributed by atoms with van der Waals surface area (Å²) in [5, 5.41) is 13.7. The fourth-order valence-corrected chi connectivity index (χ4v) is 12.2. The van der Waals surface area contributed by atoms with Crippen molar-refractivity contribution in [3.8, 4) is 17.2 Å². The highest BCUT2D eigenvalue weighted by molar-refractivity contribution is 7.27. The molecule has 0 amide bonds. The predicted molar refractivity (Wildman–Crippen MR) is 235 cm³/mol. The monoisotopic (exact) mass is 739 g/mol. The second kappa shape index (κ2) is 10.7. The van der Waals surface area contributed by atoms with Gasteiger partial charge in [0.05, 0.1) is 26.9 Å². The molecule has 5 heterocycles. The van der Waals surface area contributed by atoms with Gasteiger partial charge >= 0.3 is 0 Å². The van der Waals surface area contributed by atoms with E-state index in [-0.39, 0.29) is 0 Å². The zero-order chi connectivity index (χ0) is 35.1. The van der Waals surface area contributed by atoms with Gasteiger partial charge in [0.1, 0.15) is 0 Å². The number of aromatic nitrogens is 3. The molecule has 250 valence electrons. The molecule has 0 N–H and O–H groups in total. The third-order valence-electron chi connectivity index (χ3n) is 11.2. The molecule has 0 spiro atoms. The van der Waals surface area contributed by atoms with E-state index in [4.69, 9.17) is 9.97 Å². The Labute approximate surface area is 319 Å². The second-order valence-electron chi connectivity index (χ2n) is 14.1. The zero-order valence-electron chi connectivity index (χ0n) is 28.5. The van der Waals surface area contributed by atoms with E-state index in [1.807, 2.05) is 22.7 Å². The van der Waals surface area contributed by atoms with Crippen LogP contribution in [-0.2, 0) is 0 Å². The molecular weight excluding hydrogens is 715 g/mol. The molecular formula is C48H25N3S3. The lowest BCUT2D eigenvalue weighted by Crippen LogP contribution is -2.02. The molecule has 0 fully saturated rings. The summed E-state index contributed by atoms with van der Waals surface area (Å²) in [4.78, 5) is 11.2. The van der Waals surface area contributed by atoms with E-state index in [9.17, 15) is 0 Å². The van der Waals surface area contributed by atoms with Gasteiger partial charge in [-0.15, -0.1) is 34.0 Å². The van der Waals surface area contributed by atoms with Gasteiger partial charge in [0, 0.05) is 66.8 Å². The molecule has 0 aliphatic carbocycles. The van der Waals surface area contributed by atoms with E-state index in [1.54, 1.807) is 11.3 Å². The molecule has 0 radical (unpaired) electrons. The summed E-state index contributed by atoms with van der Waals surface area (Å²) in [6, 6.07) is 55.6. The largest absolute Gasteiger partial charge is 0.278 e. The van der Waals surface area contributed by atoms with Crippen LogP contribution in [0.15, 0.2) is 152 Å². The highest BCUT2D eigenvalue weighted by Crippen LogP contribution is 2.45. The van der Waals surface area contributed by atoms with E-state index >= 15 is 0 Å². The van der Waals surface area contributed by atoms with Gasteiger partial charge in [0.15, 0.2) is 0 Å². The zero-order valence-corrected chi connectivity index (χ0v) is 30.9. The van der Waals surface area contributed by atoms with Crippen LogP contribution in [-0.4, -0.2) is 14.5 Å². The normalized spacial score (nSPS) is 12.4. The van der Waals surface area contributed by atoms with E-state index < -0.39 is 0 Å². The van der Waals surface area contributed by atoms with Crippen molar-refractivity contribution in [2.75, 3.05) is 0 Å². The highest BCUT2D eigenvalue weighted by atomic mass is 32.1. The standard InChI is InChI=1S/C48H25N3S3/c1-2-10-29-26(9-1)17-21-42-44(29)46-47(54-42)45(28-19-20-40-35(23-28)31-12-4-7-15-38(31)52-40)49-48(50-46)51-36-14-6-3-11-30(36)34-25-33-27(24-37(34)51)18-22-41-43(33)32-13-5-8-16-39(32)53-41/h1-25H. The van der Waals surface area contributed by atoms with Crippen molar-refractivity contribution in [2.24, 2.45) is 0 Å². The molecule has 0 aliphatic rings. The Hall–Kier alpha value is -6.18. The summed E-state index contributed by atoms with van der Waals surface area (Å²) in [6.07, 6.45) is 0. The second-order valence-corrected chi connectivity index (χ2v) is 17.3. The number of rotatable bonds is 2. The summed E-state index contributed by atoms with van der Waals surface area (Å²) >= 11 is 5.51. The summed E-state index contributed by atoms with van der Waals surface area (Å²) in [7, 11) is 0. The summed E-state index contributed by atoms with van der Waals surface area (Å²) in [5.41, 5.74) is 5.28. The lowest BCUT2D eigenvalue weighted by atomic mass is 10.0. The van der Waals surface area contributed by atoms with Crippen molar-refractivity contribution >= 4 is 138 Å². The minimum Gasteiger partial charge on any atom is -0.278 e. The molecule has 0 saturated carbocycles. The first-order chi connectivity index (χ1) is 26.7. The first kappa shape index (κ1) is 29.3. The Kier molecular flexibility index (Phi) is 5.81. The molecule has 6 heteroatoms. The molecule has 0 aliphatic heterocycles. The first-order valence-corrected chi connectivity index (χ1v) is 20.5. The third-order valence-corrected chi connectivity index (χ3v) is 14.6. The lowest BCUT2D eigenvalue weighted by Gasteiger charge is -2.11. The smallest absolute Gasteiger partial charge is 0.235 e. The van der Waals surface area contributed by atoms with Crippen molar-refractivity contribution < 1.29 is 0 Å². The van der Waals surface area contributed by atoms with Crippen molar-refractivity contribution in [3.05, 3.63) is 152 Å². The Morgan fingerprint density at radius 3 is 1.94 bits per heavy atom. The van der Waals surface area contributed by atoms with Crippen molar-refractivity contribution in [3.63, 3.8) is 0 Å². The predicted octanol–water partition coefficient (Wildman–Crippen LogP) is 14.7. The molecule has 0 atom stereocenters. The summed E-state index contributed by atoms with van der Waals surface area (Å²) in [5.74, 6) is 0.688. The van der Waals surface area contributed by atoms with Crippen LogP contribution in [0, 0.1) is 0 Å². The number of nitrogens with zero attached hydrogens (tertiary/aromatic N) is 3. The molecule has 13 rings (SSSR count). The van der Waals surface area contributed by atoms with Crippen LogP contribution >= 0.6 is 34.0 Å². The van der Waals surface area contributed by atoms with Crippen LogP contribution in [0.2, 0.25) is 0 Å². The number of hydrogen-bond donors (Lipinski definition) is 0. The maximum Gasteiger partial charge on any atom is 0.235 e. The van der Waals surface area contributed by atoms with Gasteiger partial charge in [-0.3, -0.25) is 4.57 Å². The first-order valence-electron chi connectivity index (χ1n) is 18.1. The fraction of sp³-hybridized carbons (Fsp3) is 0. The van der Waals surface area contributed by atoms with Crippen molar-refractivity contribution in [1.29, 1.82) is 0 Å². The number of fused-ring (bicyclic) bond motifs is 16. The summed E-state index contributed by atoms with van der Waals surface area (Å²) < 4.78 is 9.86. The van der Waals surface area contributed by atoms with Crippen molar-refractivity contribution in [1.82, 2.24) is 14.5 Å². The van der Waals surface area contributed by atoms with Crippen LogP contribution in [0.25, 0.3) is 121 Å². The van der Waals surface area contributed by atoms with Crippen LogP contribution in [0.3, 0.4) is 0 Å². The molecule has 0 unspecified atom stereocenters. The average molecular weight is 740 g/mol. The SMILES string of the molecule is c1ccc2c(c1)ccc1sc3c(-c4ccc5sc6ccccc6c5c4)nc(-n4c5ccccc5c5cc6c(ccc7sc8ccccc8c76)cc54)nc3c12. The van der Waals surface area contributed by atoms with Gasteiger partial charge in [-0.05, 0) is 76.1 Å². The van der Waals surface area contributed by atoms with Crippen LogP contribution in [0.1, 0.15) is 0 Å². The van der Waals surface area contributed by atoms with E-state index in [0.717, 1.165) is 32.5 Å². The summed E-state index contributed by atoms with van der Waals surface area (Å²) in [6.45, 7) is 0. The quantitative estimate of drug-likeness (QED) is 0.177. The lowest BCUT2D eigenvalue weighted by molar-refractivity contribution is 1.02. The number of para-hydroxylation sites is 1. The Morgan fingerprint density at radius 2 is 1.06 bits per heavy atom. The number of thiophene rings is 3. The van der Waals surface area contributed by atoms with Gasteiger partial charge in [-0.1, -0.05) is 97.1 Å². The molecule has 3 nitrogen and oxygen atoms in total. The maximum absolute atomic E-state index is 5.59. The van der Waals surface area contributed by atoms with Gasteiger partial charge in [-0.2, -0.15) is 0 Å². The molecule has 13 aromatic rings. The highest BCUT2D eigenvalue weighted by Gasteiger charge is 2.22. The topological polar surface area (TPSA) is 30.7 Å². The Morgan fingerprint density at radius 1 is 0.389 bits per heavy atom. The van der Waals surface area contributed by atoms with Gasteiger partial charge in [-0.25, -0.2) is 9.97 Å².